The summed E-state index contributed by atoms with van der Waals surface area (Å²) < 4.78 is 36.0. The molecular weight excluding hydrogens is 448 g/mol. The molecule has 30 heavy (non-hydrogen) atoms. The molecule has 8 nitrogen and oxygen atoms in total. The Morgan fingerprint density at radius 3 is 2.57 bits per heavy atom. The molecule has 0 aromatic heterocycles. The molecule has 0 bridgehead atoms. The van der Waals surface area contributed by atoms with E-state index in [9.17, 15) is 14.8 Å². The van der Waals surface area contributed by atoms with Crippen LogP contribution in [0.3, 0.4) is 0 Å². The number of aliphatic hydroxyl groups is 2. The lowest BCUT2D eigenvalue weighted by Gasteiger charge is -2.32. The molecule has 0 aliphatic carbocycles. The number of methoxy groups -OCH3 is 1. The molecule has 1 aromatic rings. The summed E-state index contributed by atoms with van der Waals surface area (Å²) in [6.07, 6.45) is -2.90. The first kappa shape index (κ1) is 24.6. The summed E-state index contributed by atoms with van der Waals surface area (Å²) in [4.78, 5) is 0. The van der Waals surface area contributed by atoms with Crippen LogP contribution in [-0.4, -0.2) is 79.3 Å². The van der Waals surface area contributed by atoms with E-state index in [2.05, 4.69) is 5.09 Å². The molecule has 0 spiro atoms. The largest absolute Gasteiger partial charge is 0.406 e. The Morgan fingerprint density at radius 1 is 1.30 bits per heavy atom. The Kier molecular flexibility index (Phi) is 8.77. The fourth-order valence-electron chi connectivity index (χ4n) is 3.09. The van der Waals surface area contributed by atoms with Crippen LogP contribution in [-0.2, 0) is 29.6 Å². The first-order valence-corrected chi connectivity index (χ1v) is 13.6. The van der Waals surface area contributed by atoms with Gasteiger partial charge in [0, 0.05) is 31.2 Å². The zero-order chi connectivity index (χ0) is 21.8. The minimum Gasteiger partial charge on any atom is -0.387 e. The fraction of sp³-hybridized carbons (Fsp3) is 0.667. The summed E-state index contributed by atoms with van der Waals surface area (Å²) in [6.45, 7) is 1.37. The fourth-order valence-corrected chi connectivity index (χ4v) is 7.18. The van der Waals surface area contributed by atoms with Crippen LogP contribution in [0.15, 0.2) is 30.3 Å². The maximum Gasteiger partial charge on any atom is 0.406 e. The minimum atomic E-state index is -3.81. The van der Waals surface area contributed by atoms with E-state index in [0.29, 0.717) is 11.5 Å². The van der Waals surface area contributed by atoms with E-state index in [-0.39, 0.29) is 19.3 Å². The van der Waals surface area contributed by atoms with Crippen LogP contribution in [0.2, 0.25) is 0 Å². The average molecular weight is 475 g/mol. The number of hydrogen-bond acceptors (Lipinski definition) is 9. The smallest absolute Gasteiger partial charge is 0.387 e. The van der Waals surface area contributed by atoms with Crippen molar-refractivity contribution in [1.82, 2.24) is 5.09 Å². The molecule has 3 rings (SSSR count). The van der Waals surface area contributed by atoms with Crippen LogP contribution < -0.4 is 5.09 Å². The predicted molar refractivity (Wildman–Crippen MR) is 118 cm³/mol. The van der Waals surface area contributed by atoms with E-state index < -0.39 is 37.7 Å². The lowest BCUT2D eigenvalue weighted by molar-refractivity contribution is -0.0471. The van der Waals surface area contributed by atoms with Crippen LogP contribution in [0, 0.1) is 0 Å². The van der Waals surface area contributed by atoms with E-state index in [1.54, 1.807) is 28.7 Å². The van der Waals surface area contributed by atoms with Crippen molar-refractivity contribution in [2.75, 3.05) is 25.2 Å². The van der Waals surface area contributed by atoms with E-state index in [4.69, 9.17) is 26.4 Å². The van der Waals surface area contributed by atoms with Gasteiger partial charge in [0.1, 0.15) is 31.8 Å². The monoisotopic (exact) mass is 475 g/mol. The molecule has 0 saturated carbocycles. The molecule has 12 heteroatoms. The molecule has 0 amide bonds. The van der Waals surface area contributed by atoms with Gasteiger partial charge in [-0.3, -0.25) is 9.05 Å². The van der Waals surface area contributed by atoms with Crippen molar-refractivity contribution >= 4 is 37.2 Å². The van der Waals surface area contributed by atoms with Crippen molar-refractivity contribution < 1.29 is 33.3 Å². The van der Waals surface area contributed by atoms with Crippen molar-refractivity contribution in [2.24, 2.45) is 0 Å². The third-order valence-electron chi connectivity index (χ3n) is 5.12. The van der Waals surface area contributed by atoms with Crippen LogP contribution in [0.25, 0.3) is 0 Å². The molecule has 2 aliphatic heterocycles. The van der Waals surface area contributed by atoms with Crippen LogP contribution in [0.5, 0.6) is 0 Å². The van der Waals surface area contributed by atoms with Gasteiger partial charge in [0.2, 0.25) is 0 Å². The second-order valence-electron chi connectivity index (χ2n) is 7.37. The predicted octanol–water partition coefficient (Wildman–Crippen LogP) is 1.70. The molecule has 2 heterocycles. The Hall–Kier alpha value is -0.0651. The summed E-state index contributed by atoms with van der Waals surface area (Å²) in [5.74, 6) is 1.29. The molecule has 2 aliphatic rings. The Balaban J connectivity index is 1.69. The number of ether oxygens (including phenoxy) is 2. The highest BCUT2D eigenvalue weighted by Crippen LogP contribution is 2.49. The Morgan fingerprint density at radius 2 is 1.97 bits per heavy atom. The molecule has 2 saturated heterocycles. The zero-order valence-electron chi connectivity index (χ0n) is 16.9. The summed E-state index contributed by atoms with van der Waals surface area (Å²) in [5.41, 5.74) is -0.724. The maximum absolute atomic E-state index is 13.6. The summed E-state index contributed by atoms with van der Waals surface area (Å²) in [5, 5.41) is 23.4. The van der Waals surface area contributed by atoms with Gasteiger partial charge >= 0.3 is 7.75 Å². The lowest BCUT2D eigenvalue weighted by Crippen LogP contribution is -2.46. The number of hydrogen-bond donors (Lipinski definition) is 3. The van der Waals surface area contributed by atoms with Crippen molar-refractivity contribution in [2.45, 2.75) is 49.5 Å². The van der Waals surface area contributed by atoms with Gasteiger partial charge in [0.15, 0.2) is 0 Å². The summed E-state index contributed by atoms with van der Waals surface area (Å²) in [6, 6.07) is 8.36. The van der Waals surface area contributed by atoms with Gasteiger partial charge in [-0.05, 0) is 12.5 Å². The molecule has 1 aromatic carbocycles. The Labute approximate surface area is 186 Å². The van der Waals surface area contributed by atoms with Crippen molar-refractivity contribution in [3.05, 3.63) is 35.9 Å². The third kappa shape index (κ3) is 6.04. The maximum atomic E-state index is 13.6. The van der Waals surface area contributed by atoms with Gasteiger partial charge in [0.05, 0.1) is 12.7 Å². The highest BCUT2D eigenvalue weighted by atomic mass is 33.1. The number of rotatable bonds is 9. The number of aliphatic hydroxyl groups excluding tert-OH is 1. The van der Waals surface area contributed by atoms with Gasteiger partial charge in [-0.2, -0.15) is 0 Å². The molecule has 1 unspecified atom stereocenters. The average Bonchev–Trinajstić information content (AvgIpc) is 2.94. The molecular formula is C18H27BNO7PS2. The SMILES string of the molecule is [B][C@@H]1O[C@H](COP(=O)(NCc2ccccc2)O[C@H]2CSSC[C@@H]2OC)[C@@H](O)[C@@]1(C)O. The number of benzene rings is 1. The first-order chi connectivity index (χ1) is 14.2. The highest BCUT2D eigenvalue weighted by Gasteiger charge is 2.50. The quantitative estimate of drug-likeness (QED) is 0.278. The molecule has 3 N–H and O–H groups in total. The molecule has 166 valence electrons. The van der Waals surface area contributed by atoms with Gasteiger partial charge in [-0.25, -0.2) is 9.65 Å². The highest BCUT2D eigenvalue weighted by molar-refractivity contribution is 8.76. The summed E-state index contributed by atoms with van der Waals surface area (Å²) in [7, 11) is 6.79. The number of nitrogens with one attached hydrogen (secondary N) is 1. The standard InChI is InChI=1S/C18H27BNO7PS2/c1-18(22)16(21)13(26-17(18)19)9-25-28(23,20-8-12-6-4-3-5-7-12)27-15-11-30-29-10-14(15)24-2/h3-7,13-17,21-22H,8-11H2,1-2H3,(H,20,23)/t13-,14+,15+,16-,17-,18-,28?/m1/s1. The molecule has 7 atom stereocenters. The normalized spacial score (nSPS) is 36.5. The van der Waals surface area contributed by atoms with E-state index in [1.807, 2.05) is 30.3 Å². The Bertz CT molecular complexity index is 732. The summed E-state index contributed by atoms with van der Waals surface area (Å²) >= 11 is 0. The van der Waals surface area contributed by atoms with Crippen LogP contribution >= 0.6 is 29.3 Å². The van der Waals surface area contributed by atoms with Gasteiger partial charge in [-0.1, -0.05) is 51.9 Å². The molecule has 2 radical (unpaired) electrons. The first-order valence-electron chi connectivity index (χ1n) is 9.56. The van der Waals surface area contributed by atoms with Crippen molar-refractivity contribution in [3.63, 3.8) is 0 Å². The zero-order valence-corrected chi connectivity index (χ0v) is 19.4. The van der Waals surface area contributed by atoms with E-state index in [1.165, 1.54) is 6.92 Å². The van der Waals surface area contributed by atoms with Crippen LogP contribution in [0.1, 0.15) is 12.5 Å². The van der Waals surface area contributed by atoms with E-state index in [0.717, 1.165) is 5.56 Å². The topological polar surface area (TPSA) is 106 Å². The van der Waals surface area contributed by atoms with Gasteiger partial charge < -0.3 is 19.7 Å². The third-order valence-corrected chi connectivity index (χ3v) is 9.11. The van der Waals surface area contributed by atoms with Crippen molar-refractivity contribution in [3.8, 4) is 0 Å². The van der Waals surface area contributed by atoms with E-state index >= 15 is 0 Å². The minimum absolute atomic E-state index is 0.228. The second-order valence-corrected chi connectivity index (χ2v) is 11.7. The lowest BCUT2D eigenvalue weighted by atomic mass is 9.82. The molecule has 2 fully saturated rings. The van der Waals surface area contributed by atoms with Gasteiger partial charge in [-0.15, -0.1) is 0 Å². The van der Waals surface area contributed by atoms with Gasteiger partial charge in [0.25, 0.3) is 0 Å². The van der Waals surface area contributed by atoms with Crippen molar-refractivity contribution in [1.29, 1.82) is 0 Å². The second kappa shape index (κ2) is 10.7. The van der Waals surface area contributed by atoms with Crippen LogP contribution in [0.4, 0.5) is 0 Å².